The molecule has 1 heterocycles. The second-order valence-corrected chi connectivity index (χ2v) is 5.13. The number of hydrogen-bond donors (Lipinski definition) is 2. The predicted octanol–water partition coefficient (Wildman–Crippen LogP) is 1.86. The molecule has 0 radical (unpaired) electrons. The lowest BCUT2D eigenvalue weighted by molar-refractivity contribution is -0.137. The van der Waals surface area contributed by atoms with Crippen molar-refractivity contribution in [1.82, 2.24) is 15.1 Å². The van der Waals surface area contributed by atoms with Gasteiger partial charge in [0.05, 0.1) is 19.0 Å². The van der Waals surface area contributed by atoms with Crippen LogP contribution in [0.5, 0.6) is 5.75 Å². The molecule has 2 aromatic rings. The second-order valence-electron chi connectivity index (χ2n) is 5.13. The number of aliphatic carboxylic acids is 1. The Morgan fingerprint density at radius 3 is 2.65 bits per heavy atom. The van der Waals surface area contributed by atoms with E-state index in [0.717, 1.165) is 5.69 Å². The first kappa shape index (κ1) is 16.5. The molecule has 122 valence electrons. The van der Waals surface area contributed by atoms with E-state index in [1.165, 1.54) is 7.11 Å². The molecule has 1 amide bonds. The third-order valence-corrected chi connectivity index (χ3v) is 3.31. The van der Waals surface area contributed by atoms with Gasteiger partial charge >= 0.3 is 5.97 Å². The van der Waals surface area contributed by atoms with Gasteiger partial charge in [0.15, 0.2) is 11.4 Å². The highest BCUT2D eigenvalue weighted by molar-refractivity contribution is 5.95. The molecule has 1 atom stereocenters. The van der Waals surface area contributed by atoms with Crippen LogP contribution in [0.2, 0.25) is 0 Å². The predicted molar refractivity (Wildman–Crippen MR) is 83.9 cm³/mol. The van der Waals surface area contributed by atoms with Gasteiger partial charge in [-0.15, -0.1) is 0 Å². The summed E-state index contributed by atoms with van der Waals surface area (Å²) in [6.45, 7) is 1.75. The summed E-state index contributed by atoms with van der Waals surface area (Å²) in [6.07, 6.45) is 1.98. The fourth-order valence-corrected chi connectivity index (χ4v) is 2.08. The van der Waals surface area contributed by atoms with E-state index in [0.29, 0.717) is 12.2 Å². The van der Waals surface area contributed by atoms with Crippen LogP contribution in [0, 0.1) is 0 Å². The molecule has 0 aliphatic heterocycles. The third kappa shape index (κ3) is 4.32. The molecule has 7 nitrogen and oxygen atoms in total. The first-order valence-electron chi connectivity index (χ1n) is 7.23. The fraction of sp³-hybridized carbons (Fsp3) is 0.312. The number of carbonyl (C=O) groups excluding carboxylic acids is 1. The fourth-order valence-electron chi connectivity index (χ4n) is 2.08. The monoisotopic (exact) mass is 317 g/mol. The molecule has 7 heteroatoms. The van der Waals surface area contributed by atoms with E-state index in [2.05, 4.69) is 10.4 Å². The number of carboxylic acids is 1. The Morgan fingerprint density at radius 2 is 2.04 bits per heavy atom. The first-order chi connectivity index (χ1) is 11.0. The van der Waals surface area contributed by atoms with Gasteiger partial charge < -0.3 is 15.2 Å². The summed E-state index contributed by atoms with van der Waals surface area (Å²) in [6, 6.07) is 9.09. The standard InChI is InChI=1S/C16H19N3O4/c1-11(8-9-14(20)21)17-16(22)15-13(23-2)10-19(18-15)12-6-4-3-5-7-12/h3-7,10-11H,8-9H2,1-2H3,(H,17,22)(H,20,21). The van der Waals surface area contributed by atoms with E-state index in [-0.39, 0.29) is 18.2 Å². The topological polar surface area (TPSA) is 93.5 Å². The van der Waals surface area contributed by atoms with E-state index < -0.39 is 11.9 Å². The van der Waals surface area contributed by atoms with Gasteiger partial charge in [0.2, 0.25) is 0 Å². The van der Waals surface area contributed by atoms with Gasteiger partial charge in [-0.2, -0.15) is 5.10 Å². The van der Waals surface area contributed by atoms with Crippen LogP contribution in [0.3, 0.4) is 0 Å². The lowest BCUT2D eigenvalue weighted by atomic mass is 10.2. The minimum atomic E-state index is -0.892. The zero-order valence-corrected chi connectivity index (χ0v) is 13.0. The summed E-state index contributed by atoms with van der Waals surface area (Å²) in [5.74, 6) is -0.928. The van der Waals surface area contributed by atoms with Gasteiger partial charge in [0.1, 0.15) is 0 Å². The normalized spacial score (nSPS) is 11.7. The SMILES string of the molecule is COc1cn(-c2ccccc2)nc1C(=O)NC(C)CCC(=O)O. The van der Waals surface area contributed by atoms with E-state index in [1.807, 2.05) is 30.3 Å². The molecule has 0 bridgehead atoms. The number of para-hydroxylation sites is 1. The summed E-state index contributed by atoms with van der Waals surface area (Å²) in [4.78, 5) is 22.9. The van der Waals surface area contributed by atoms with E-state index in [9.17, 15) is 9.59 Å². The Hall–Kier alpha value is -2.83. The Balaban J connectivity index is 2.13. The van der Waals surface area contributed by atoms with Gasteiger partial charge in [-0.25, -0.2) is 4.68 Å². The number of aromatic nitrogens is 2. The Morgan fingerprint density at radius 1 is 1.35 bits per heavy atom. The zero-order valence-electron chi connectivity index (χ0n) is 13.0. The Bertz CT molecular complexity index is 682. The van der Waals surface area contributed by atoms with Gasteiger partial charge in [0, 0.05) is 12.5 Å². The maximum Gasteiger partial charge on any atom is 0.303 e. The maximum absolute atomic E-state index is 12.3. The van der Waals surface area contributed by atoms with E-state index in [4.69, 9.17) is 9.84 Å². The van der Waals surface area contributed by atoms with Gasteiger partial charge in [-0.3, -0.25) is 9.59 Å². The highest BCUT2D eigenvalue weighted by Crippen LogP contribution is 2.19. The molecule has 0 fully saturated rings. The molecule has 23 heavy (non-hydrogen) atoms. The molecule has 2 rings (SSSR count). The summed E-state index contributed by atoms with van der Waals surface area (Å²) >= 11 is 0. The number of ether oxygens (including phenoxy) is 1. The second kappa shape index (κ2) is 7.44. The van der Waals surface area contributed by atoms with Crippen molar-refractivity contribution >= 4 is 11.9 Å². The number of hydrogen-bond acceptors (Lipinski definition) is 4. The van der Waals surface area contributed by atoms with Crippen molar-refractivity contribution in [3.8, 4) is 11.4 Å². The summed E-state index contributed by atoms with van der Waals surface area (Å²) in [5, 5.41) is 15.7. The maximum atomic E-state index is 12.3. The van der Waals surface area contributed by atoms with E-state index >= 15 is 0 Å². The quantitative estimate of drug-likeness (QED) is 0.813. The minimum Gasteiger partial charge on any atom is -0.493 e. The molecule has 1 aromatic carbocycles. The molecule has 0 saturated heterocycles. The van der Waals surface area contributed by atoms with Crippen molar-refractivity contribution in [3.63, 3.8) is 0 Å². The molecular formula is C16H19N3O4. The minimum absolute atomic E-state index is 0.00294. The highest BCUT2D eigenvalue weighted by atomic mass is 16.5. The smallest absolute Gasteiger partial charge is 0.303 e. The molecular weight excluding hydrogens is 298 g/mol. The zero-order chi connectivity index (χ0) is 16.8. The molecule has 1 aromatic heterocycles. The van der Waals surface area contributed by atoms with Crippen molar-refractivity contribution < 1.29 is 19.4 Å². The van der Waals surface area contributed by atoms with Crippen LogP contribution >= 0.6 is 0 Å². The van der Waals surface area contributed by atoms with Gasteiger partial charge in [-0.05, 0) is 25.5 Å². The largest absolute Gasteiger partial charge is 0.493 e. The van der Waals surface area contributed by atoms with Crippen molar-refractivity contribution in [2.75, 3.05) is 7.11 Å². The lowest BCUT2D eigenvalue weighted by Crippen LogP contribution is -2.33. The lowest BCUT2D eigenvalue weighted by Gasteiger charge is -2.11. The van der Waals surface area contributed by atoms with Crippen LogP contribution in [0.25, 0.3) is 5.69 Å². The Labute approximate surface area is 133 Å². The summed E-state index contributed by atoms with van der Waals surface area (Å²) in [5.41, 5.74) is 0.974. The average Bonchev–Trinajstić information content (AvgIpc) is 2.98. The van der Waals surface area contributed by atoms with Gasteiger partial charge in [-0.1, -0.05) is 18.2 Å². The molecule has 0 aliphatic carbocycles. The van der Waals surface area contributed by atoms with Crippen LogP contribution < -0.4 is 10.1 Å². The summed E-state index contributed by atoms with van der Waals surface area (Å²) in [7, 11) is 1.47. The highest BCUT2D eigenvalue weighted by Gasteiger charge is 2.20. The van der Waals surface area contributed by atoms with Crippen molar-refractivity contribution in [3.05, 3.63) is 42.2 Å². The molecule has 0 aliphatic rings. The summed E-state index contributed by atoms with van der Waals surface area (Å²) < 4.78 is 6.78. The van der Waals surface area contributed by atoms with Crippen LogP contribution in [0.1, 0.15) is 30.3 Å². The third-order valence-electron chi connectivity index (χ3n) is 3.31. The van der Waals surface area contributed by atoms with Crippen molar-refractivity contribution in [2.45, 2.75) is 25.8 Å². The van der Waals surface area contributed by atoms with Crippen LogP contribution in [-0.2, 0) is 4.79 Å². The number of nitrogens with zero attached hydrogens (tertiary/aromatic N) is 2. The molecule has 0 spiro atoms. The first-order valence-corrected chi connectivity index (χ1v) is 7.23. The number of carbonyl (C=O) groups is 2. The van der Waals surface area contributed by atoms with E-state index in [1.54, 1.807) is 17.8 Å². The van der Waals surface area contributed by atoms with Gasteiger partial charge in [0.25, 0.3) is 5.91 Å². The number of rotatable bonds is 7. The number of benzene rings is 1. The number of carboxylic acid groups (broad SMARTS) is 1. The molecule has 2 N–H and O–H groups in total. The number of nitrogens with one attached hydrogen (secondary N) is 1. The average molecular weight is 317 g/mol. The van der Waals surface area contributed by atoms with Crippen molar-refractivity contribution in [1.29, 1.82) is 0 Å². The molecule has 1 unspecified atom stereocenters. The number of amides is 1. The van der Waals surface area contributed by atoms with Crippen LogP contribution in [-0.4, -0.2) is 39.9 Å². The van der Waals surface area contributed by atoms with Crippen LogP contribution in [0.4, 0.5) is 0 Å². The van der Waals surface area contributed by atoms with Crippen LogP contribution in [0.15, 0.2) is 36.5 Å². The molecule has 0 saturated carbocycles. The number of methoxy groups -OCH3 is 1. The van der Waals surface area contributed by atoms with Crippen molar-refractivity contribution in [2.24, 2.45) is 0 Å². The Kier molecular flexibility index (Phi) is 5.35.